The molecule has 1 amide bonds. The van der Waals surface area contributed by atoms with Crippen molar-refractivity contribution < 1.29 is 14.3 Å². The van der Waals surface area contributed by atoms with Crippen LogP contribution < -0.4 is 14.9 Å². The zero-order valence-corrected chi connectivity index (χ0v) is 22.3. The molecule has 0 aliphatic heterocycles. The summed E-state index contributed by atoms with van der Waals surface area (Å²) in [6, 6.07) is 13.4. The van der Waals surface area contributed by atoms with Crippen molar-refractivity contribution in [2.24, 2.45) is 5.10 Å². The van der Waals surface area contributed by atoms with Crippen LogP contribution in [0.5, 0.6) is 11.5 Å². The van der Waals surface area contributed by atoms with E-state index in [0.29, 0.717) is 27.7 Å². The van der Waals surface area contributed by atoms with Gasteiger partial charge < -0.3 is 9.47 Å². The third kappa shape index (κ3) is 7.83. The summed E-state index contributed by atoms with van der Waals surface area (Å²) in [4.78, 5) is 20.7. The van der Waals surface area contributed by atoms with Crippen LogP contribution in [0, 0.1) is 13.8 Å². The molecule has 0 atom stereocenters. The molecule has 7 nitrogen and oxygen atoms in total. The highest BCUT2D eigenvalue weighted by Crippen LogP contribution is 2.37. The van der Waals surface area contributed by atoms with Crippen molar-refractivity contribution in [3.63, 3.8) is 0 Å². The Morgan fingerprint density at radius 3 is 2.48 bits per heavy atom. The highest BCUT2D eigenvalue weighted by atomic mass is 79.9. The van der Waals surface area contributed by atoms with Crippen LogP contribution in [0.4, 0.5) is 0 Å². The van der Waals surface area contributed by atoms with E-state index in [1.807, 2.05) is 50.2 Å². The number of amides is 1. The number of benzene rings is 2. The lowest BCUT2D eigenvalue weighted by atomic mass is 10.2. The molecule has 3 rings (SSSR count). The predicted molar refractivity (Wildman–Crippen MR) is 137 cm³/mol. The number of aromatic nitrogens is 2. The topological polar surface area (TPSA) is 85.7 Å². The van der Waals surface area contributed by atoms with Gasteiger partial charge in [-0.25, -0.2) is 15.4 Å². The summed E-state index contributed by atoms with van der Waals surface area (Å²) in [5, 5.41) is 4.61. The van der Waals surface area contributed by atoms with Gasteiger partial charge in [-0.15, -0.1) is 0 Å². The SMILES string of the molecule is COc1cc(/C=N\NC(=O)CSc2nc(C)cc(C)n2)cc(Br)c1OCc1ccc(Br)cc1. The average Bonchev–Trinajstić information content (AvgIpc) is 2.77. The molecule has 0 spiro atoms. The van der Waals surface area contributed by atoms with E-state index < -0.39 is 0 Å². The number of nitrogens with zero attached hydrogens (tertiary/aromatic N) is 3. The van der Waals surface area contributed by atoms with Gasteiger partial charge >= 0.3 is 0 Å². The van der Waals surface area contributed by atoms with Crippen LogP contribution in [-0.4, -0.2) is 35.0 Å². The van der Waals surface area contributed by atoms with Crippen molar-refractivity contribution in [1.29, 1.82) is 0 Å². The van der Waals surface area contributed by atoms with E-state index in [1.54, 1.807) is 19.4 Å². The summed E-state index contributed by atoms with van der Waals surface area (Å²) >= 11 is 8.22. The second-order valence-electron chi connectivity index (χ2n) is 6.96. The van der Waals surface area contributed by atoms with Crippen molar-refractivity contribution >= 4 is 55.7 Å². The maximum Gasteiger partial charge on any atom is 0.250 e. The standard InChI is InChI=1S/C23H22Br2N4O3S/c1-14-8-15(2)28-23(27-14)33-13-21(30)29-26-11-17-9-19(25)22(20(10-17)31-3)32-12-16-4-6-18(24)7-5-16/h4-11H,12-13H2,1-3H3,(H,29,30)/b26-11-. The number of aryl methyl sites for hydroxylation is 2. The number of hydrogen-bond donors (Lipinski definition) is 1. The molecule has 33 heavy (non-hydrogen) atoms. The van der Waals surface area contributed by atoms with Gasteiger partial charge in [-0.1, -0.05) is 39.8 Å². The van der Waals surface area contributed by atoms with Crippen molar-refractivity contribution in [1.82, 2.24) is 15.4 Å². The van der Waals surface area contributed by atoms with E-state index in [9.17, 15) is 4.79 Å². The van der Waals surface area contributed by atoms with Gasteiger partial charge in [0.15, 0.2) is 16.7 Å². The van der Waals surface area contributed by atoms with E-state index >= 15 is 0 Å². The number of carbonyl (C=O) groups is 1. The number of carbonyl (C=O) groups excluding carboxylic acids is 1. The van der Waals surface area contributed by atoms with Crippen molar-refractivity contribution in [3.8, 4) is 11.5 Å². The fraction of sp³-hybridized carbons (Fsp3) is 0.217. The van der Waals surface area contributed by atoms with Gasteiger partial charge in [0.1, 0.15) is 6.61 Å². The van der Waals surface area contributed by atoms with Gasteiger partial charge in [-0.05, 0) is 71.2 Å². The van der Waals surface area contributed by atoms with Gasteiger partial charge in [0.25, 0.3) is 5.91 Å². The number of thioether (sulfide) groups is 1. The van der Waals surface area contributed by atoms with E-state index in [4.69, 9.17) is 9.47 Å². The lowest BCUT2D eigenvalue weighted by Crippen LogP contribution is -2.19. The van der Waals surface area contributed by atoms with Crippen LogP contribution in [0.15, 0.2) is 61.7 Å². The molecule has 1 aromatic heterocycles. The van der Waals surface area contributed by atoms with Crippen LogP contribution in [0.2, 0.25) is 0 Å². The predicted octanol–water partition coefficient (Wildman–Crippen LogP) is 5.45. The van der Waals surface area contributed by atoms with Crippen molar-refractivity contribution in [2.75, 3.05) is 12.9 Å². The van der Waals surface area contributed by atoms with E-state index in [2.05, 4.69) is 52.4 Å². The van der Waals surface area contributed by atoms with Gasteiger partial charge in [0, 0.05) is 15.9 Å². The molecule has 1 heterocycles. The fourth-order valence-electron chi connectivity index (χ4n) is 2.79. The molecule has 10 heteroatoms. The maximum atomic E-state index is 12.1. The molecule has 3 aromatic rings. The monoisotopic (exact) mass is 592 g/mol. The Labute approximate surface area is 213 Å². The quantitative estimate of drug-likeness (QED) is 0.154. The maximum absolute atomic E-state index is 12.1. The minimum absolute atomic E-state index is 0.163. The Balaban J connectivity index is 1.58. The molecular weight excluding hydrogens is 572 g/mol. The number of rotatable bonds is 9. The van der Waals surface area contributed by atoms with Crippen molar-refractivity contribution in [2.45, 2.75) is 25.6 Å². The smallest absolute Gasteiger partial charge is 0.250 e. The first kappa shape index (κ1) is 25.2. The Kier molecular flexibility index (Phi) is 9.28. The molecular formula is C23H22Br2N4O3S. The highest BCUT2D eigenvalue weighted by Gasteiger charge is 2.12. The first-order chi connectivity index (χ1) is 15.8. The minimum Gasteiger partial charge on any atom is -0.493 e. The first-order valence-electron chi connectivity index (χ1n) is 9.86. The molecule has 1 N–H and O–H groups in total. The highest BCUT2D eigenvalue weighted by molar-refractivity contribution is 9.10. The zero-order valence-electron chi connectivity index (χ0n) is 18.3. The summed E-state index contributed by atoms with van der Waals surface area (Å²) in [5.74, 6) is 1.05. The summed E-state index contributed by atoms with van der Waals surface area (Å²) in [6.07, 6.45) is 1.54. The molecule has 0 fully saturated rings. The molecule has 0 radical (unpaired) electrons. The van der Waals surface area contributed by atoms with Gasteiger partial charge in [-0.3, -0.25) is 4.79 Å². The summed E-state index contributed by atoms with van der Waals surface area (Å²) in [7, 11) is 1.57. The fourth-order valence-corrected chi connectivity index (χ4v) is 4.37. The zero-order chi connectivity index (χ0) is 23.8. The molecule has 0 unspecified atom stereocenters. The van der Waals surface area contributed by atoms with Crippen LogP contribution in [0.3, 0.4) is 0 Å². The number of hydrogen-bond acceptors (Lipinski definition) is 7. The summed E-state index contributed by atoms with van der Waals surface area (Å²) < 4.78 is 13.2. The molecule has 2 aromatic carbocycles. The largest absolute Gasteiger partial charge is 0.493 e. The summed E-state index contributed by atoms with van der Waals surface area (Å²) in [5.41, 5.74) is 6.02. The van der Waals surface area contributed by atoms with Crippen molar-refractivity contribution in [3.05, 3.63) is 73.9 Å². The normalized spacial score (nSPS) is 10.9. The lowest BCUT2D eigenvalue weighted by Gasteiger charge is -2.13. The first-order valence-corrected chi connectivity index (χ1v) is 12.4. The molecule has 0 aliphatic carbocycles. The molecule has 172 valence electrons. The second-order valence-corrected chi connectivity index (χ2v) is 9.68. The minimum atomic E-state index is -0.250. The third-order valence-electron chi connectivity index (χ3n) is 4.25. The number of methoxy groups -OCH3 is 1. The summed E-state index contributed by atoms with van der Waals surface area (Å²) in [6.45, 7) is 4.19. The van der Waals surface area contributed by atoms with Gasteiger partial charge in [0.2, 0.25) is 0 Å². The Bertz CT molecular complexity index is 1140. The van der Waals surface area contributed by atoms with E-state index in [1.165, 1.54) is 11.8 Å². The Morgan fingerprint density at radius 2 is 1.82 bits per heavy atom. The van der Waals surface area contributed by atoms with Gasteiger partial charge in [0.05, 0.1) is 23.5 Å². The third-order valence-corrected chi connectivity index (χ3v) is 6.21. The number of nitrogens with one attached hydrogen (secondary N) is 1. The van der Waals surface area contributed by atoms with Crippen LogP contribution in [-0.2, 0) is 11.4 Å². The van der Waals surface area contributed by atoms with Crippen LogP contribution >= 0.6 is 43.6 Å². The molecule has 0 aliphatic rings. The number of halogens is 2. The average molecular weight is 594 g/mol. The molecule has 0 bridgehead atoms. The molecule has 0 saturated heterocycles. The van der Waals surface area contributed by atoms with Crippen LogP contribution in [0.25, 0.3) is 0 Å². The lowest BCUT2D eigenvalue weighted by molar-refractivity contribution is -0.118. The number of hydrazone groups is 1. The number of ether oxygens (including phenoxy) is 2. The van der Waals surface area contributed by atoms with E-state index in [0.717, 1.165) is 27.0 Å². The Hall–Kier alpha value is -2.43. The van der Waals surface area contributed by atoms with Gasteiger partial charge in [-0.2, -0.15) is 5.10 Å². The van der Waals surface area contributed by atoms with E-state index in [-0.39, 0.29) is 11.7 Å². The molecule has 0 saturated carbocycles. The van der Waals surface area contributed by atoms with Crippen LogP contribution in [0.1, 0.15) is 22.5 Å². The Morgan fingerprint density at radius 1 is 1.12 bits per heavy atom. The second kappa shape index (κ2) is 12.2.